The number of rotatable bonds is 3. The van der Waals surface area contributed by atoms with Gasteiger partial charge in [-0.1, -0.05) is 11.6 Å². The van der Waals surface area contributed by atoms with Gasteiger partial charge in [-0.15, -0.1) is 0 Å². The number of halogens is 1. The van der Waals surface area contributed by atoms with E-state index in [9.17, 15) is 4.79 Å². The number of fused-ring (bicyclic) bond motifs is 1. The monoisotopic (exact) mass is 225 g/mol. The lowest BCUT2D eigenvalue weighted by molar-refractivity contribution is -0.134. The first-order valence-electron chi connectivity index (χ1n) is 4.26. The topological polar surface area (TPSA) is 78.0 Å². The van der Waals surface area contributed by atoms with Crippen LogP contribution in [0.2, 0.25) is 5.02 Å². The Hall–Kier alpha value is -1.75. The minimum Gasteiger partial charge on any atom is -0.480 e. The van der Waals surface area contributed by atoms with Crippen molar-refractivity contribution in [2.24, 2.45) is 0 Å². The Morgan fingerprint density at radius 1 is 1.60 bits per heavy atom. The van der Waals surface area contributed by atoms with Gasteiger partial charge in [0.2, 0.25) is 5.95 Å². The Labute approximate surface area is 90.1 Å². The number of aliphatic carboxylic acids is 1. The summed E-state index contributed by atoms with van der Waals surface area (Å²) in [6, 6.07) is 5.22. The number of benzene rings is 1. The van der Waals surface area contributed by atoms with Crippen molar-refractivity contribution in [2.45, 2.75) is 0 Å². The fourth-order valence-corrected chi connectivity index (χ4v) is 1.40. The fraction of sp³-hybridized carbons (Fsp3) is 0.111. The first-order valence-corrected chi connectivity index (χ1v) is 4.64. The van der Waals surface area contributed by atoms with E-state index < -0.39 is 5.97 Å². The molecule has 0 radical (unpaired) electrons. The lowest BCUT2D eigenvalue weighted by Crippen LogP contribution is -2.12. The number of anilines is 1. The second kappa shape index (κ2) is 3.78. The van der Waals surface area contributed by atoms with Crippen LogP contribution in [0.15, 0.2) is 18.2 Å². The van der Waals surface area contributed by atoms with E-state index in [2.05, 4.69) is 15.3 Å². The number of hydrogen-bond acceptors (Lipinski definition) is 3. The van der Waals surface area contributed by atoms with Gasteiger partial charge >= 0.3 is 5.97 Å². The zero-order valence-electron chi connectivity index (χ0n) is 7.62. The molecule has 1 aromatic heterocycles. The molecule has 0 fully saturated rings. The molecule has 2 rings (SSSR count). The molecule has 0 atom stereocenters. The fourth-order valence-electron chi connectivity index (χ4n) is 1.22. The normalized spacial score (nSPS) is 10.5. The number of H-pyrrole nitrogens is 1. The molecule has 0 aliphatic heterocycles. The minimum atomic E-state index is -0.937. The lowest BCUT2D eigenvalue weighted by Gasteiger charge is -1.95. The highest BCUT2D eigenvalue weighted by molar-refractivity contribution is 6.31. The number of carboxylic acid groups (broad SMARTS) is 1. The van der Waals surface area contributed by atoms with Crippen LogP contribution in [0.3, 0.4) is 0 Å². The maximum Gasteiger partial charge on any atom is 0.322 e. The number of imidazole rings is 1. The van der Waals surface area contributed by atoms with Gasteiger partial charge in [0.25, 0.3) is 0 Å². The number of aromatic amines is 1. The SMILES string of the molecule is O=C(O)CNc1nc2ccc(Cl)cc2[nH]1. The second-order valence-electron chi connectivity index (χ2n) is 2.99. The number of aromatic nitrogens is 2. The maximum atomic E-state index is 10.3. The summed E-state index contributed by atoms with van der Waals surface area (Å²) < 4.78 is 0. The molecule has 1 aromatic carbocycles. The van der Waals surface area contributed by atoms with Gasteiger partial charge in [-0.3, -0.25) is 4.79 Å². The van der Waals surface area contributed by atoms with E-state index in [0.717, 1.165) is 11.0 Å². The Bertz CT molecular complexity index is 509. The summed E-state index contributed by atoms with van der Waals surface area (Å²) in [7, 11) is 0. The third kappa shape index (κ3) is 2.19. The van der Waals surface area contributed by atoms with E-state index in [1.54, 1.807) is 18.2 Å². The predicted molar refractivity (Wildman–Crippen MR) is 57.2 cm³/mol. The molecule has 0 unspecified atom stereocenters. The standard InChI is InChI=1S/C9H8ClN3O2/c10-5-1-2-6-7(3-5)13-9(12-6)11-4-8(14)15/h1-3H,4H2,(H,14,15)(H2,11,12,13). The molecular weight excluding hydrogens is 218 g/mol. The molecule has 1 heterocycles. The van der Waals surface area contributed by atoms with Crippen LogP contribution in [0.4, 0.5) is 5.95 Å². The van der Waals surface area contributed by atoms with E-state index >= 15 is 0 Å². The van der Waals surface area contributed by atoms with Crippen LogP contribution < -0.4 is 5.32 Å². The molecule has 15 heavy (non-hydrogen) atoms. The van der Waals surface area contributed by atoms with E-state index in [1.165, 1.54) is 0 Å². The molecular formula is C9H8ClN3O2. The summed E-state index contributed by atoms with van der Waals surface area (Å²) in [5.41, 5.74) is 1.52. The molecule has 0 aliphatic carbocycles. The molecule has 78 valence electrons. The molecule has 3 N–H and O–H groups in total. The van der Waals surface area contributed by atoms with Crippen LogP contribution in [0.25, 0.3) is 11.0 Å². The van der Waals surface area contributed by atoms with Gasteiger partial charge in [-0.05, 0) is 18.2 Å². The summed E-state index contributed by atoms with van der Waals surface area (Å²) in [5.74, 6) is -0.511. The molecule has 0 saturated carbocycles. The number of carboxylic acids is 1. The largest absolute Gasteiger partial charge is 0.480 e. The van der Waals surface area contributed by atoms with Crippen LogP contribution in [-0.2, 0) is 4.79 Å². The van der Waals surface area contributed by atoms with Gasteiger partial charge in [0.1, 0.15) is 6.54 Å². The third-order valence-corrected chi connectivity index (χ3v) is 2.09. The lowest BCUT2D eigenvalue weighted by atomic mass is 10.3. The van der Waals surface area contributed by atoms with Crippen LogP contribution in [0, 0.1) is 0 Å². The molecule has 0 saturated heterocycles. The van der Waals surface area contributed by atoms with Gasteiger partial charge in [-0.25, -0.2) is 4.98 Å². The summed E-state index contributed by atoms with van der Waals surface area (Å²) in [6.07, 6.45) is 0. The highest BCUT2D eigenvalue weighted by Crippen LogP contribution is 2.18. The van der Waals surface area contributed by atoms with E-state index in [0.29, 0.717) is 11.0 Å². The van der Waals surface area contributed by atoms with Crippen molar-refractivity contribution in [3.05, 3.63) is 23.2 Å². The Morgan fingerprint density at radius 2 is 2.40 bits per heavy atom. The zero-order valence-corrected chi connectivity index (χ0v) is 8.38. The average molecular weight is 226 g/mol. The van der Waals surface area contributed by atoms with Crippen molar-refractivity contribution < 1.29 is 9.90 Å². The molecule has 5 nitrogen and oxygen atoms in total. The smallest absolute Gasteiger partial charge is 0.322 e. The Morgan fingerprint density at radius 3 is 3.13 bits per heavy atom. The van der Waals surface area contributed by atoms with E-state index in [4.69, 9.17) is 16.7 Å². The third-order valence-electron chi connectivity index (χ3n) is 1.85. The van der Waals surface area contributed by atoms with Crippen molar-refractivity contribution in [2.75, 3.05) is 11.9 Å². The molecule has 6 heteroatoms. The van der Waals surface area contributed by atoms with Crippen molar-refractivity contribution in [1.29, 1.82) is 0 Å². The summed E-state index contributed by atoms with van der Waals surface area (Å²) in [4.78, 5) is 17.4. The van der Waals surface area contributed by atoms with Crippen LogP contribution in [0.5, 0.6) is 0 Å². The first-order chi connectivity index (χ1) is 7.15. The minimum absolute atomic E-state index is 0.173. The highest BCUT2D eigenvalue weighted by atomic mass is 35.5. The van der Waals surface area contributed by atoms with Crippen LogP contribution >= 0.6 is 11.6 Å². The van der Waals surface area contributed by atoms with Crippen molar-refractivity contribution >= 4 is 34.6 Å². The maximum absolute atomic E-state index is 10.3. The Balaban J connectivity index is 2.27. The van der Waals surface area contributed by atoms with Gasteiger partial charge in [0, 0.05) is 5.02 Å². The van der Waals surface area contributed by atoms with Crippen molar-refractivity contribution in [1.82, 2.24) is 9.97 Å². The number of hydrogen-bond donors (Lipinski definition) is 3. The van der Waals surface area contributed by atoms with E-state index in [-0.39, 0.29) is 6.54 Å². The molecule has 0 spiro atoms. The number of nitrogens with zero attached hydrogens (tertiary/aromatic N) is 1. The summed E-state index contributed by atoms with van der Waals surface area (Å²) in [6.45, 7) is -0.173. The summed E-state index contributed by atoms with van der Waals surface area (Å²) in [5, 5.41) is 11.7. The Kier molecular flexibility index (Phi) is 2.47. The summed E-state index contributed by atoms with van der Waals surface area (Å²) >= 11 is 5.79. The van der Waals surface area contributed by atoms with Gasteiger partial charge in [0.05, 0.1) is 11.0 Å². The van der Waals surface area contributed by atoms with Gasteiger partial charge in [-0.2, -0.15) is 0 Å². The van der Waals surface area contributed by atoms with Crippen molar-refractivity contribution in [3.8, 4) is 0 Å². The zero-order chi connectivity index (χ0) is 10.8. The predicted octanol–water partition coefficient (Wildman–Crippen LogP) is 1.71. The molecule has 0 amide bonds. The number of nitrogens with one attached hydrogen (secondary N) is 2. The first kappa shape index (κ1) is 9.79. The second-order valence-corrected chi connectivity index (χ2v) is 3.43. The number of carbonyl (C=O) groups is 1. The van der Waals surface area contributed by atoms with Gasteiger partial charge < -0.3 is 15.4 Å². The molecule has 2 aromatic rings. The van der Waals surface area contributed by atoms with Crippen LogP contribution in [0.1, 0.15) is 0 Å². The molecule has 0 bridgehead atoms. The molecule has 0 aliphatic rings. The quantitative estimate of drug-likeness (QED) is 0.743. The highest BCUT2D eigenvalue weighted by Gasteiger charge is 2.03. The van der Waals surface area contributed by atoms with Crippen LogP contribution in [-0.4, -0.2) is 27.6 Å². The van der Waals surface area contributed by atoms with Gasteiger partial charge in [0.15, 0.2) is 0 Å². The van der Waals surface area contributed by atoms with Crippen molar-refractivity contribution in [3.63, 3.8) is 0 Å². The average Bonchev–Trinajstić information content (AvgIpc) is 2.56. The van der Waals surface area contributed by atoms with E-state index in [1.807, 2.05) is 0 Å².